The van der Waals surface area contributed by atoms with E-state index in [0.717, 1.165) is 5.56 Å². The number of hydrogen-bond donors (Lipinski definition) is 0. The smallest absolute Gasteiger partial charge is 0.433 e. The standard InChI is InChI=1S/C29H28F5N4O2/c1-19-15-21(27(36-26(19)29(32,33)34)37-12-6-10-28(30,31)11-14-37)24-16-25(40-18-20-7-4-3-5-8-20)22-17-38(39-2)13-9-23(22)35-24/h3-5,7-9,13,15-17H,6,10-12,14,18H2,1-2H3/q+1. The molecule has 0 radical (unpaired) electrons. The van der Waals surface area contributed by atoms with Crippen molar-refractivity contribution in [3.8, 4) is 17.0 Å². The highest BCUT2D eigenvalue weighted by atomic mass is 19.4. The second-order valence-corrected chi connectivity index (χ2v) is 9.79. The Morgan fingerprint density at radius 2 is 1.80 bits per heavy atom. The van der Waals surface area contributed by atoms with Gasteiger partial charge < -0.3 is 9.64 Å². The number of nitrogens with zero attached hydrogens (tertiary/aromatic N) is 4. The first-order valence-corrected chi connectivity index (χ1v) is 12.8. The van der Waals surface area contributed by atoms with Gasteiger partial charge in [0.1, 0.15) is 36.4 Å². The summed E-state index contributed by atoms with van der Waals surface area (Å²) in [5.41, 5.74) is 0.921. The van der Waals surface area contributed by atoms with Crippen LogP contribution in [-0.2, 0) is 12.8 Å². The lowest BCUT2D eigenvalue weighted by molar-refractivity contribution is -0.884. The zero-order valence-electron chi connectivity index (χ0n) is 22.0. The number of pyridine rings is 3. The van der Waals surface area contributed by atoms with Crippen LogP contribution >= 0.6 is 0 Å². The molecule has 0 N–H and O–H groups in total. The highest BCUT2D eigenvalue weighted by Gasteiger charge is 2.38. The highest BCUT2D eigenvalue weighted by Crippen LogP contribution is 2.40. The van der Waals surface area contributed by atoms with Crippen LogP contribution in [0.5, 0.6) is 5.75 Å². The number of fused-ring (bicyclic) bond motifs is 1. The molecule has 1 aliphatic heterocycles. The van der Waals surface area contributed by atoms with Gasteiger partial charge in [0.05, 0.1) is 11.2 Å². The number of halogens is 5. The minimum atomic E-state index is -4.71. The van der Waals surface area contributed by atoms with Crippen LogP contribution in [0, 0.1) is 6.92 Å². The number of aromatic nitrogens is 3. The molecule has 11 heteroatoms. The number of hydrogen-bond acceptors (Lipinski definition) is 5. The van der Waals surface area contributed by atoms with Crippen LogP contribution in [0.15, 0.2) is 60.9 Å². The van der Waals surface area contributed by atoms with Gasteiger partial charge in [-0.05, 0) is 30.5 Å². The third-order valence-corrected chi connectivity index (χ3v) is 6.89. The molecular formula is C29H28F5N4O2+. The maximum Gasteiger partial charge on any atom is 0.433 e. The fourth-order valence-corrected chi connectivity index (χ4v) is 4.82. The summed E-state index contributed by atoms with van der Waals surface area (Å²) in [7, 11) is 1.51. The average Bonchev–Trinajstić information content (AvgIpc) is 3.11. The quantitative estimate of drug-likeness (QED) is 0.209. The average molecular weight is 560 g/mol. The predicted octanol–water partition coefficient (Wildman–Crippen LogP) is 6.17. The lowest BCUT2D eigenvalue weighted by Gasteiger charge is -2.26. The molecule has 1 saturated heterocycles. The molecule has 210 valence electrons. The van der Waals surface area contributed by atoms with Crippen LogP contribution < -0.4 is 19.2 Å². The molecule has 40 heavy (non-hydrogen) atoms. The summed E-state index contributed by atoms with van der Waals surface area (Å²) >= 11 is 0. The maximum absolute atomic E-state index is 14.2. The van der Waals surface area contributed by atoms with E-state index >= 15 is 0 Å². The van der Waals surface area contributed by atoms with Gasteiger partial charge in [-0.15, -0.1) is 0 Å². The molecule has 0 atom stereocenters. The van der Waals surface area contributed by atoms with Crippen molar-refractivity contribution in [2.45, 2.75) is 44.9 Å². The number of aryl methyl sites for hydroxylation is 1. The summed E-state index contributed by atoms with van der Waals surface area (Å²) in [6, 6.07) is 14.2. The fourth-order valence-electron chi connectivity index (χ4n) is 4.82. The van der Waals surface area contributed by atoms with E-state index < -0.39 is 24.2 Å². The minimum absolute atomic E-state index is 0.0284. The Morgan fingerprint density at radius 3 is 2.52 bits per heavy atom. The molecule has 4 aromatic rings. The van der Waals surface area contributed by atoms with Gasteiger partial charge in [0.15, 0.2) is 0 Å². The SMILES string of the molecule is CO[n+]1ccc2nc(-c3cc(C)c(C(F)(F)F)nc3N3CCCC(F)(F)CC3)cc(OCc3ccccc3)c2c1. The second kappa shape index (κ2) is 10.9. The van der Waals surface area contributed by atoms with E-state index in [1.54, 1.807) is 24.5 Å². The van der Waals surface area contributed by atoms with Crippen molar-refractivity contribution < 1.29 is 36.3 Å². The molecule has 0 amide bonds. The minimum Gasteiger partial charge on any atom is -0.488 e. The van der Waals surface area contributed by atoms with Crippen LogP contribution in [0.25, 0.3) is 22.2 Å². The molecule has 0 aliphatic carbocycles. The Morgan fingerprint density at radius 1 is 1.02 bits per heavy atom. The van der Waals surface area contributed by atoms with Gasteiger partial charge in [-0.2, -0.15) is 13.2 Å². The molecule has 0 unspecified atom stereocenters. The van der Waals surface area contributed by atoms with Crippen LogP contribution in [0.4, 0.5) is 27.8 Å². The Kier molecular flexibility index (Phi) is 7.48. The lowest BCUT2D eigenvalue weighted by atomic mass is 10.0. The first kappa shape index (κ1) is 27.5. The number of anilines is 1. The molecule has 0 spiro atoms. The van der Waals surface area contributed by atoms with Gasteiger partial charge in [0, 0.05) is 48.4 Å². The molecule has 3 aromatic heterocycles. The van der Waals surface area contributed by atoms with E-state index in [1.807, 2.05) is 30.3 Å². The summed E-state index contributed by atoms with van der Waals surface area (Å²) < 4.78 is 77.6. The first-order valence-electron chi connectivity index (χ1n) is 12.8. The monoisotopic (exact) mass is 559 g/mol. The Bertz CT molecular complexity index is 1510. The van der Waals surface area contributed by atoms with E-state index in [0.29, 0.717) is 27.9 Å². The fraction of sp³-hybridized carbons (Fsp3) is 0.345. The molecule has 1 aromatic carbocycles. The number of alkyl halides is 5. The summed E-state index contributed by atoms with van der Waals surface area (Å²) in [4.78, 5) is 15.5. The summed E-state index contributed by atoms with van der Waals surface area (Å²) in [5.74, 6) is -2.48. The van der Waals surface area contributed by atoms with Gasteiger partial charge in [-0.25, -0.2) is 18.7 Å². The van der Waals surface area contributed by atoms with E-state index in [9.17, 15) is 22.0 Å². The van der Waals surface area contributed by atoms with Crippen molar-refractivity contribution in [2.24, 2.45) is 0 Å². The van der Waals surface area contributed by atoms with Crippen LogP contribution in [-0.4, -0.2) is 36.1 Å². The van der Waals surface area contributed by atoms with Crippen LogP contribution in [0.2, 0.25) is 0 Å². The zero-order chi connectivity index (χ0) is 28.5. The number of benzene rings is 1. The Labute approximate surface area is 228 Å². The molecular weight excluding hydrogens is 531 g/mol. The maximum atomic E-state index is 14.2. The summed E-state index contributed by atoms with van der Waals surface area (Å²) in [5, 5.41) is 0.622. The Hall–Kier alpha value is -4.02. The van der Waals surface area contributed by atoms with E-state index in [-0.39, 0.29) is 43.9 Å². The van der Waals surface area contributed by atoms with Gasteiger partial charge >= 0.3 is 6.18 Å². The third-order valence-electron chi connectivity index (χ3n) is 6.89. The van der Waals surface area contributed by atoms with Crippen LogP contribution in [0.3, 0.4) is 0 Å². The van der Waals surface area contributed by atoms with E-state index in [2.05, 4.69) is 4.98 Å². The van der Waals surface area contributed by atoms with Crippen molar-refractivity contribution in [1.29, 1.82) is 0 Å². The highest BCUT2D eigenvalue weighted by molar-refractivity contribution is 5.88. The topological polar surface area (TPSA) is 51.4 Å². The van der Waals surface area contributed by atoms with Crippen molar-refractivity contribution in [1.82, 2.24) is 9.97 Å². The summed E-state index contributed by atoms with van der Waals surface area (Å²) in [6.45, 7) is 1.58. The van der Waals surface area contributed by atoms with Gasteiger partial charge in [0.25, 0.3) is 0 Å². The first-order chi connectivity index (χ1) is 19.0. The molecule has 1 fully saturated rings. The van der Waals surface area contributed by atoms with Crippen molar-refractivity contribution in [3.05, 3.63) is 77.7 Å². The van der Waals surface area contributed by atoms with Crippen molar-refractivity contribution in [2.75, 3.05) is 25.1 Å². The second-order valence-electron chi connectivity index (χ2n) is 9.79. The van der Waals surface area contributed by atoms with E-state index in [4.69, 9.17) is 14.6 Å². The number of rotatable bonds is 6. The molecule has 0 bridgehead atoms. The predicted molar refractivity (Wildman–Crippen MR) is 139 cm³/mol. The van der Waals surface area contributed by atoms with E-state index in [1.165, 1.54) is 29.7 Å². The molecule has 5 rings (SSSR count). The Balaban J connectivity index is 1.66. The van der Waals surface area contributed by atoms with Crippen molar-refractivity contribution >= 4 is 16.7 Å². The normalized spacial score (nSPS) is 15.6. The largest absolute Gasteiger partial charge is 0.488 e. The van der Waals surface area contributed by atoms with Crippen molar-refractivity contribution in [3.63, 3.8) is 0 Å². The molecule has 6 nitrogen and oxygen atoms in total. The summed E-state index contributed by atoms with van der Waals surface area (Å²) in [6.07, 6.45) is -2.05. The third kappa shape index (κ3) is 5.93. The zero-order valence-corrected chi connectivity index (χ0v) is 22.0. The van der Waals surface area contributed by atoms with Gasteiger partial charge in [0.2, 0.25) is 18.3 Å². The molecule has 0 saturated carbocycles. The number of ether oxygens (including phenoxy) is 1. The van der Waals surface area contributed by atoms with Gasteiger partial charge in [-0.3, -0.25) is 4.84 Å². The van der Waals surface area contributed by atoms with Gasteiger partial charge in [-0.1, -0.05) is 30.3 Å². The molecule has 4 heterocycles. The lowest BCUT2D eigenvalue weighted by Crippen LogP contribution is -2.39. The molecule has 1 aliphatic rings. The van der Waals surface area contributed by atoms with Crippen LogP contribution in [0.1, 0.15) is 36.1 Å².